The third-order valence-electron chi connectivity index (χ3n) is 4.29. The molecule has 1 aliphatic heterocycles. The van der Waals surface area contributed by atoms with Gasteiger partial charge in [-0.05, 0) is 43.2 Å². The standard InChI is InChI=1S/C16H22N2O/c1-2-5-12-10-15(12)17-14-9-8-11-6-3-4-7-13(11)18-16(14)19/h3-4,6-7,12,14-15,17H,2,5,8-10H2,1H3,(H,18,19). The molecular formula is C16H22N2O. The van der Waals surface area contributed by atoms with Crippen molar-refractivity contribution < 1.29 is 4.79 Å². The van der Waals surface area contributed by atoms with Gasteiger partial charge in [0.1, 0.15) is 0 Å². The first-order valence-corrected chi connectivity index (χ1v) is 7.42. The molecular weight excluding hydrogens is 236 g/mol. The summed E-state index contributed by atoms with van der Waals surface area (Å²) in [6, 6.07) is 8.65. The molecule has 1 heterocycles. The van der Waals surface area contributed by atoms with E-state index in [0.29, 0.717) is 6.04 Å². The van der Waals surface area contributed by atoms with Crippen molar-refractivity contribution >= 4 is 11.6 Å². The molecule has 2 N–H and O–H groups in total. The van der Waals surface area contributed by atoms with Gasteiger partial charge < -0.3 is 10.6 Å². The van der Waals surface area contributed by atoms with Gasteiger partial charge in [-0.3, -0.25) is 4.79 Å². The van der Waals surface area contributed by atoms with Crippen LogP contribution in [0.5, 0.6) is 0 Å². The van der Waals surface area contributed by atoms with Gasteiger partial charge in [0.15, 0.2) is 0 Å². The van der Waals surface area contributed by atoms with E-state index in [0.717, 1.165) is 24.4 Å². The van der Waals surface area contributed by atoms with E-state index < -0.39 is 0 Å². The molecule has 0 spiro atoms. The SMILES string of the molecule is CCCC1CC1NC1CCc2ccccc2NC1=O. The topological polar surface area (TPSA) is 41.1 Å². The van der Waals surface area contributed by atoms with Crippen molar-refractivity contribution in [3.63, 3.8) is 0 Å². The monoisotopic (exact) mass is 258 g/mol. The maximum Gasteiger partial charge on any atom is 0.241 e. The summed E-state index contributed by atoms with van der Waals surface area (Å²) in [7, 11) is 0. The summed E-state index contributed by atoms with van der Waals surface area (Å²) in [5.74, 6) is 0.926. The Hall–Kier alpha value is -1.35. The van der Waals surface area contributed by atoms with Crippen molar-refractivity contribution in [1.29, 1.82) is 0 Å². The summed E-state index contributed by atoms with van der Waals surface area (Å²) in [4.78, 5) is 12.2. The molecule has 3 rings (SSSR count). The lowest BCUT2D eigenvalue weighted by molar-refractivity contribution is -0.118. The highest BCUT2D eigenvalue weighted by Crippen LogP contribution is 2.35. The molecule has 3 atom stereocenters. The Morgan fingerprint density at radius 3 is 3.05 bits per heavy atom. The maximum atomic E-state index is 12.2. The van der Waals surface area contributed by atoms with Gasteiger partial charge in [-0.25, -0.2) is 0 Å². The second-order valence-corrected chi connectivity index (χ2v) is 5.80. The molecule has 3 heteroatoms. The number of rotatable bonds is 4. The number of nitrogens with one attached hydrogen (secondary N) is 2. The zero-order valence-corrected chi connectivity index (χ0v) is 11.5. The predicted molar refractivity (Wildman–Crippen MR) is 77.1 cm³/mol. The molecule has 1 aliphatic carbocycles. The van der Waals surface area contributed by atoms with Crippen molar-refractivity contribution in [3.05, 3.63) is 29.8 Å². The summed E-state index contributed by atoms with van der Waals surface area (Å²) < 4.78 is 0. The van der Waals surface area contributed by atoms with Crippen LogP contribution < -0.4 is 10.6 Å². The Bertz CT molecular complexity index is 472. The highest BCUT2D eigenvalue weighted by Gasteiger charge is 2.38. The molecule has 0 saturated heterocycles. The van der Waals surface area contributed by atoms with Crippen molar-refractivity contribution in [2.45, 2.75) is 51.1 Å². The first-order chi connectivity index (χ1) is 9.28. The molecule has 0 aromatic heterocycles. The van der Waals surface area contributed by atoms with Crippen molar-refractivity contribution in [2.75, 3.05) is 5.32 Å². The van der Waals surface area contributed by atoms with Gasteiger partial charge in [0.25, 0.3) is 0 Å². The van der Waals surface area contributed by atoms with Crippen LogP contribution in [0.25, 0.3) is 0 Å². The first-order valence-electron chi connectivity index (χ1n) is 7.42. The number of aryl methyl sites for hydroxylation is 1. The largest absolute Gasteiger partial charge is 0.324 e. The second-order valence-electron chi connectivity index (χ2n) is 5.80. The van der Waals surface area contributed by atoms with Crippen molar-refractivity contribution in [3.8, 4) is 0 Å². The van der Waals surface area contributed by atoms with Gasteiger partial charge in [-0.15, -0.1) is 0 Å². The fourth-order valence-electron chi connectivity index (χ4n) is 3.07. The summed E-state index contributed by atoms with van der Waals surface area (Å²) in [6.45, 7) is 2.23. The minimum absolute atomic E-state index is 0.0285. The molecule has 2 aliphatic rings. The minimum Gasteiger partial charge on any atom is -0.324 e. The third-order valence-corrected chi connectivity index (χ3v) is 4.29. The lowest BCUT2D eigenvalue weighted by Gasteiger charge is -2.15. The van der Waals surface area contributed by atoms with Gasteiger partial charge in [0.05, 0.1) is 6.04 Å². The average molecular weight is 258 g/mol. The summed E-state index contributed by atoms with van der Waals surface area (Å²) in [5.41, 5.74) is 2.23. The van der Waals surface area contributed by atoms with Crippen molar-refractivity contribution in [2.24, 2.45) is 5.92 Å². The summed E-state index contributed by atoms with van der Waals surface area (Å²) in [5, 5.41) is 6.59. The molecule has 1 amide bonds. The summed E-state index contributed by atoms with van der Waals surface area (Å²) in [6.07, 6.45) is 5.64. The van der Waals surface area contributed by atoms with Crippen LogP contribution in [0.3, 0.4) is 0 Å². The number of carbonyl (C=O) groups is 1. The highest BCUT2D eigenvalue weighted by atomic mass is 16.2. The van der Waals surface area contributed by atoms with Crippen molar-refractivity contribution in [1.82, 2.24) is 5.32 Å². The normalized spacial score (nSPS) is 29.3. The van der Waals surface area contributed by atoms with Crippen LogP contribution in [0.15, 0.2) is 24.3 Å². The van der Waals surface area contributed by atoms with E-state index in [-0.39, 0.29) is 11.9 Å². The van der Waals surface area contributed by atoms with Crippen LogP contribution in [0.2, 0.25) is 0 Å². The molecule has 3 unspecified atom stereocenters. The van der Waals surface area contributed by atoms with Crippen LogP contribution in [0.1, 0.15) is 38.2 Å². The van der Waals surface area contributed by atoms with E-state index in [9.17, 15) is 4.79 Å². The molecule has 1 aromatic rings. The number of hydrogen-bond acceptors (Lipinski definition) is 2. The fraction of sp³-hybridized carbons (Fsp3) is 0.562. The number of amides is 1. The second kappa shape index (κ2) is 5.33. The average Bonchev–Trinajstić information content (AvgIpc) is 3.16. The maximum absolute atomic E-state index is 12.2. The van der Waals surface area contributed by atoms with E-state index in [1.807, 2.05) is 18.2 Å². The Morgan fingerprint density at radius 1 is 1.37 bits per heavy atom. The zero-order chi connectivity index (χ0) is 13.2. The Labute approximate surface area is 114 Å². The molecule has 1 fully saturated rings. The Balaban J connectivity index is 1.62. The number of hydrogen-bond donors (Lipinski definition) is 2. The number of para-hydroxylation sites is 1. The van der Waals surface area contributed by atoms with Crippen LogP contribution in [0.4, 0.5) is 5.69 Å². The lowest BCUT2D eigenvalue weighted by atomic mass is 10.1. The minimum atomic E-state index is -0.0285. The lowest BCUT2D eigenvalue weighted by Crippen LogP contribution is -2.41. The fourth-order valence-corrected chi connectivity index (χ4v) is 3.07. The Morgan fingerprint density at radius 2 is 2.21 bits per heavy atom. The van der Waals surface area contributed by atoms with Gasteiger partial charge in [-0.2, -0.15) is 0 Å². The van der Waals surface area contributed by atoms with Crippen LogP contribution >= 0.6 is 0 Å². The van der Waals surface area contributed by atoms with Crippen LogP contribution in [0, 0.1) is 5.92 Å². The van der Waals surface area contributed by atoms with E-state index in [1.165, 1.54) is 24.8 Å². The smallest absolute Gasteiger partial charge is 0.241 e. The molecule has 1 saturated carbocycles. The third kappa shape index (κ3) is 2.81. The number of carbonyl (C=O) groups excluding carboxylic acids is 1. The van der Waals surface area contributed by atoms with E-state index in [4.69, 9.17) is 0 Å². The predicted octanol–water partition coefficient (Wildman–Crippen LogP) is 2.72. The van der Waals surface area contributed by atoms with E-state index in [2.05, 4.69) is 23.6 Å². The first kappa shape index (κ1) is 12.7. The summed E-state index contributed by atoms with van der Waals surface area (Å²) >= 11 is 0. The van der Waals surface area contributed by atoms with Gasteiger partial charge in [-0.1, -0.05) is 31.5 Å². The Kier molecular flexibility index (Phi) is 3.56. The quantitative estimate of drug-likeness (QED) is 0.872. The molecule has 102 valence electrons. The van der Waals surface area contributed by atoms with Gasteiger partial charge in [0, 0.05) is 11.7 Å². The molecule has 19 heavy (non-hydrogen) atoms. The number of anilines is 1. The number of fused-ring (bicyclic) bond motifs is 1. The van der Waals surface area contributed by atoms with Gasteiger partial charge in [0.2, 0.25) is 5.91 Å². The molecule has 1 aromatic carbocycles. The molecule has 3 nitrogen and oxygen atoms in total. The van der Waals surface area contributed by atoms with Crippen LogP contribution in [-0.2, 0) is 11.2 Å². The zero-order valence-electron chi connectivity index (χ0n) is 11.5. The van der Waals surface area contributed by atoms with E-state index >= 15 is 0 Å². The highest BCUT2D eigenvalue weighted by molar-refractivity contribution is 5.96. The van der Waals surface area contributed by atoms with E-state index in [1.54, 1.807) is 0 Å². The van der Waals surface area contributed by atoms with Gasteiger partial charge >= 0.3 is 0 Å². The molecule has 0 radical (unpaired) electrons. The molecule has 0 bridgehead atoms. The van der Waals surface area contributed by atoms with Crippen LogP contribution in [-0.4, -0.2) is 18.0 Å². The number of benzene rings is 1.